The summed E-state index contributed by atoms with van der Waals surface area (Å²) in [5.74, 6) is -0.468. The SMILES string of the molecule is CC(C)(C)NC(=O)C(c1ccccc1)N(C(=O)c1ccco1)c1ccccc1. The first-order chi connectivity index (χ1) is 13.4. The lowest BCUT2D eigenvalue weighted by Gasteiger charge is -2.33. The summed E-state index contributed by atoms with van der Waals surface area (Å²) in [7, 11) is 0. The summed E-state index contributed by atoms with van der Waals surface area (Å²) in [4.78, 5) is 28.1. The van der Waals surface area contributed by atoms with Crippen molar-refractivity contribution >= 4 is 17.5 Å². The normalized spacial score (nSPS) is 12.2. The maximum atomic E-state index is 13.3. The largest absolute Gasteiger partial charge is 0.459 e. The summed E-state index contributed by atoms with van der Waals surface area (Å²) in [6.45, 7) is 5.73. The molecule has 5 nitrogen and oxygen atoms in total. The van der Waals surface area contributed by atoms with Gasteiger partial charge in [0.15, 0.2) is 5.76 Å². The van der Waals surface area contributed by atoms with Crippen molar-refractivity contribution in [3.63, 3.8) is 0 Å². The molecule has 0 aliphatic heterocycles. The molecule has 0 spiro atoms. The lowest BCUT2D eigenvalue weighted by Crippen LogP contribution is -2.49. The molecule has 28 heavy (non-hydrogen) atoms. The highest BCUT2D eigenvalue weighted by Gasteiger charge is 2.35. The highest BCUT2D eigenvalue weighted by atomic mass is 16.3. The topological polar surface area (TPSA) is 62.6 Å². The van der Waals surface area contributed by atoms with Gasteiger partial charge in [-0.05, 0) is 50.6 Å². The summed E-state index contributed by atoms with van der Waals surface area (Å²) < 4.78 is 5.34. The number of benzene rings is 2. The second-order valence-electron chi connectivity index (χ2n) is 7.54. The van der Waals surface area contributed by atoms with Crippen LogP contribution in [0.5, 0.6) is 0 Å². The molecule has 1 N–H and O–H groups in total. The van der Waals surface area contributed by atoms with Crippen LogP contribution in [0, 0.1) is 0 Å². The molecule has 0 radical (unpaired) electrons. The predicted molar refractivity (Wildman–Crippen MR) is 109 cm³/mol. The Morgan fingerprint density at radius 3 is 2.04 bits per heavy atom. The van der Waals surface area contributed by atoms with Crippen molar-refractivity contribution in [2.24, 2.45) is 0 Å². The molecule has 144 valence electrons. The Morgan fingerprint density at radius 2 is 1.50 bits per heavy atom. The third-order valence-electron chi connectivity index (χ3n) is 4.11. The smallest absolute Gasteiger partial charge is 0.294 e. The van der Waals surface area contributed by atoms with E-state index in [4.69, 9.17) is 4.42 Å². The second-order valence-corrected chi connectivity index (χ2v) is 7.54. The summed E-state index contributed by atoms with van der Waals surface area (Å²) in [5.41, 5.74) is 0.884. The highest BCUT2D eigenvalue weighted by molar-refractivity contribution is 6.08. The second kappa shape index (κ2) is 8.13. The monoisotopic (exact) mass is 376 g/mol. The van der Waals surface area contributed by atoms with Gasteiger partial charge < -0.3 is 9.73 Å². The average molecular weight is 376 g/mol. The van der Waals surface area contributed by atoms with Crippen molar-refractivity contribution in [1.82, 2.24) is 5.32 Å². The average Bonchev–Trinajstić information content (AvgIpc) is 3.20. The van der Waals surface area contributed by atoms with E-state index in [1.807, 2.05) is 69.3 Å². The van der Waals surface area contributed by atoms with Crippen molar-refractivity contribution in [1.29, 1.82) is 0 Å². The molecule has 0 fully saturated rings. The minimum Gasteiger partial charge on any atom is -0.459 e. The van der Waals surface area contributed by atoms with Gasteiger partial charge in [0.05, 0.1) is 6.26 Å². The van der Waals surface area contributed by atoms with Gasteiger partial charge in [-0.15, -0.1) is 0 Å². The number of carbonyl (C=O) groups is 2. The van der Waals surface area contributed by atoms with Crippen molar-refractivity contribution in [3.05, 3.63) is 90.4 Å². The summed E-state index contributed by atoms with van der Waals surface area (Å²) >= 11 is 0. The van der Waals surface area contributed by atoms with Crippen molar-refractivity contribution in [2.75, 3.05) is 4.90 Å². The van der Waals surface area contributed by atoms with E-state index in [9.17, 15) is 9.59 Å². The quantitative estimate of drug-likeness (QED) is 0.709. The molecule has 1 heterocycles. The molecule has 1 unspecified atom stereocenters. The fourth-order valence-electron chi connectivity index (χ4n) is 2.98. The number of amides is 2. The lowest BCUT2D eigenvalue weighted by atomic mass is 10.0. The van der Waals surface area contributed by atoms with Gasteiger partial charge in [0.2, 0.25) is 5.91 Å². The summed E-state index contributed by atoms with van der Waals surface area (Å²) in [6.07, 6.45) is 1.45. The Kier molecular flexibility index (Phi) is 5.64. The Morgan fingerprint density at radius 1 is 0.893 bits per heavy atom. The van der Waals surface area contributed by atoms with Crippen molar-refractivity contribution < 1.29 is 14.0 Å². The zero-order valence-corrected chi connectivity index (χ0v) is 16.3. The summed E-state index contributed by atoms with van der Waals surface area (Å²) in [5, 5.41) is 3.00. The number of nitrogens with zero attached hydrogens (tertiary/aromatic N) is 1. The van der Waals surface area contributed by atoms with Crippen LogP contribution in [0.4, 0.5) is 5.69 Å². The Labute approximate surface area is 165 Å². The van der Waals surface area contributed by atoms with Gasteiger partial charge in [0.25, 0.3) is 5.91 Å². The number of hydrogen-bond donors (Lipinski definition) is 1. The van der Waals surface area contributed by atoms with E-state index in [-0.39, 0.29) is 17.6 Å². The van der Waals surface area contributed by atoms with Gasteiger partial charge in [0.1, 0.15) is 6.04 Å². The molecule has 0 aliphatic rings. The van der Waals surface area contributed by atoms with E-state index in [1.54, 1.807) is 24.3 Å². The zero-order chi connectivity index (χ0) is 20.1. The molecular weight excluding hydrogens is 352 g/mol. The number of anilines is 1. The van der Waals surface area contributed by atoms with Crippen LogP contribution >= 0.6 is 0 Å². The van der Waals surface area contributed by atoms with Crippen LogP contribution < -0.4 is 10.2 Å². The van der Waals surface area contributed by atoms with E-state index in [0.29, 0.717) is 11.3 Å². The van der Waals surface area contributed by atoms with Crippen LogP contribution in [0.1, 0.15) is 42.9 Å². The molecule has 5 heteroatoms. The summed E-state index contributed by atoms with van der Waals surface area (Å²) in [6, 6.07) is 20.8. The molecule has 1 aromatic heterocycles. The molecule has 3 rings (SSSR count). The van der Waals surface area contributed by atoms with E-state index in [2.05, 4.69) is 5.32 Å². The number of para-hydroxylation sites is 1. The van der Waals surface area contributed by atoms with Crippen LogP contribution in [0.3, 0.4) is 0 Å². The van der Waals surface area contributed by atoms with E-state index in [1.165, 1.54) is 11.2 Å². The minimum absolute atomic E-state index is 0.174. The number of rotatable bonds is 5. The number of carbonyl (C=O) groups excluding carboxylic acids is 2. The Hall–Kier alpha value is -3.34. The van der Waals surface area contributed by atoms with E-state index in [0.717, 1.165) is 0 Å². The third kappa shape index (κ3) is 4.49. The van der Waals surface area contributed by atoms with Gasteiger partial charge in [-0.1, -0.05) is 48.5 Å². The first-order valence-corrected chi connectivity index (χ1v) is 9.16. The standard InChI is InChI=1S/C23H24N2O3/c1-23(2,3)24-21(26)20(17-11-6-4-7-12-17)25(18-13-8-5-9-14-18)22(27)19-15-10-16-28-19/h4-16,20H,1-3H3,(H,24,26). The first-order valence-electron chi connectivity index (χ1n) is 9.16. The fourth-order valence-corrected chi connectivity index (χ4v) is 2.98. The van der Waals surface area contributed by atoms with E-state index < -0.39 is 11.6 Å². The maximum absolute atomic E-state index is 13.3. The number of nitrogens with one attached hydrogen (secondary N) is 1. The van der Waals surface area contributed by atoms with Crippen LogP contribution in [-0.4, -0.2) is 17.4 Å². The molecule has 0 bridgehead atoms. The maximum Gasteiger partial charge on any atom is 0.294 e. The molecule has 0 saturated carbocycles. The molecule has 0 saturated heterocycles. The molecule has 2 amide bonds. The molecule has 2 aromatic carbocycles. The van der Waals surface area contributed by atoms with Crippen LogP contribution in [0.2, 0.25) is 0 Å². The van der Waals surface area contributed by atoms with E-state index >= 15 is 0 Å². The van der Waals surface area contributed by atoms with Crippen LogP contribution in [0.25, 0.3) is 0 Å². The van der Waals surface area contributed by atoms with Gasteiger partial charge in [-0.3, -0.25) is 14.5 Å². The molecule has 3 aromatic rings. The Balaban J connectivity index is 2.13. The Bertz CT molecular complexity index is 913. The van der Waals surface area contributed by atoms with Crippen LogP contribution in [0.15, 0.2) is 83.5 Å². The predicted octanol–water partition coefficient (Wildman–Crippen LogP) is 4.58. The third-order valence-corrected chi connectivity index (χ3v) is 4.11. The first kappa shape index (κ1) is 19.4. The minimum atomic E-state index is -0.847. The fraction of sp³-hybridized carbons (Fsp3) is 0.217. The lowest BCUT2D eigenvalue weighted by molar-refractivity contribution is -0.123. The van der Waals surface area contributed by atoms with Gasteiger partial charge >= 0.3 is 0 Å². The molecular formula is C23H24N2O3. The number of hydrogen-bond acceptors (Lipinski definition) is 3. The number of furan rings is 1. The zero-order valence-electron chi connectivity index (χ0n) is 16.3. The molecule has 1 atom stereocenters. The van der Waals surface area contributed by atoms with Crippen molar-refractivity contribution in [2.45, 2.75) is 32.4 Å². The molecule has 0 aliphatic carbocycles. The van der Waals surface area contributed by atoms with Gasteiger partial charge in [0, 0.05) is 11.2 Å². The highest BCUT2D eigenvalue weighted by Crippen LogP contribution is 2.30. The van der Waals surface area contributed by atoms with Gasteiger partial charge in [-0.2, -0.15) is 0 Å². The van der Waals surface area contributed by atoms with Crippen LogP contribution in [-0.2, 0) is 4.79 Å². The van der Waals surface area contributed by atoms with Crippen molar-refractivity contribution in [3.8, 4) is 0 Å². The van der Waals surface area contributed by atoms with Gasteiger partial charge in [-0.25, -0.2) is 0 Å².